The van der Waals surface area contributed by atoms with Gasteiger partial charge in [-0.15, -0.1) is 0 Å². The van der Waals surface area contributed by atoms with Crippen molar-refractivity contribution >= 4 is 21.8 Å². The smallest absolute Gasteiger partial charge is 0.356 e. The van der Waals surface area contributed by atoms with E-state index in [0.29, 0.717) is 18.2 Å². The number of carbonyl (C=O) groups excluding carboxylic acids is 1. The van der Waals surface area contributed by atoms with Crippen LogP contribution in [0.4, 0.5) is 13.2 Å². The van der Waals surface area contributed by atoms with E-state index in [-0.39, 0.29) is 23.3 Å². The average molecular weight is 356 g/mol. The molecule has 1 aromatic rings. The van der Waals surface area contributed by atoms with Crippen LogP contribution in [0.3, 0.4) is 0 Å². The lowest BCUT2D eigenvalue weighted by Crippen LogP contribution is -2.28. The predicted octanol–water partition coefficient (Wildman–Crippen LogP) is 3.14. The lowest BCUT2D eigenvalue weighted by Gasteiger charge is -2.08. The van der Waals surface area contributed by atoms with Gasteiger partial charge in [0.1, 0.15) is 0 Å². The summed E-state index contributed by atoms with van der Waals surface area (Å²) < 4.78 is 39.1. The Kier molecular flexibility index (Phi) is 5.61. The number of amides is 1. The number of alkyl halides is 3. The monoisotopic (exact) mass is 355 g/mol. The van der Waals surface area contributed by atoms with E-state index in [1.807, 2.05) is 13.8 Å². The first-order chi connectivity index (χ1) is 9.12. The van der Waals surface area contributed by atoms with Crippen molar-refractivity contribution in [1.29, 1.82) is 0 Å². The van der Waals surface area contributed by atoms with E-state index < -0.39 is 11.9 Å². The lowest BCUT2D eigenvalue weighted by molar-refractivity contribution is -0.142. The molecule has 1 aromatic heterocycles. The van der Waals surface area contributed by atoms with Crippen LogP contribution >= 0.6 is 15.9 Å². The first-order valence-corrected chi connectivity index (χ1v) is 6.99. The lowest BCUT2D eigenvalue weighted by atomic mass is 10.2. The van der Waals surface area contributed by atoms with E-state index in [1.54, 1.807) is 0 Å². The second kappa shape index (κ2) is 6.60. The van der Waals surface area contributed by atoms with Gasteiger partial charge in [0.05, 0.1) is 16.7 Å². The van der Waals surface area contributed by atoms with Gasteiger partial charge in [-0.2, -0.15) is 18.3 Å². The van der Waals surface area contributed by atoms with Crippen molar-refractivity contribution in [1.82, 2.24) is 15.1 Å². The van der Waals surface area contributed by atoms with Gasteiger partial charge in [-0.3, -0.25) is 9.48 Å². The van der Waals surface area contributed by atoms with Gasteiger partial charge in [-0.25, -0.2) is 0 Å². The third-order valence-electron chi connectivity index (χ3n) is 2.66. The number of aryl methyl sites for hydroxylation is 1. The Morgan fingerprint density at radius 3 is 2.50 bits per heavy atom. The van der Waals surface area contributed by atoms with Crippen molar-refractivity contribution in [2.45, 2.75) is 39.9 Å². The van der Waals surface area contributed by atoms with Gasteiger partial charge < -0.3 is 5.32 Å². The SMILES string of the molecule is Cc1c(Br)c(C(F)(F)F)nn1CCC(=O)NCC(C)C. The largest absolute Gasteiger partial charge is 0.436 e. The van der Waals surface area contributed by atoms with Gasteiger partial charge in [0, 0.05) is 13.0 Å². The highest BCUT2D eigenvalue weighted by Gasteiger charge is 2.37. The fourth-order valence-corrected chi connectivity index (χ4v) is 2.05. The van der Waals surface area contributed by atoms with E-state index in [0.717, 1.165) is 0 Å². The molecular formula is C12H17BrF3N3O. The second-order valence-corrected chi connectivity index (χ2v) is 5.71. The standard InChI is InChI=1S/C12H17BrF3N3O/c1-7(2)6-17-9(20)4-5-19-8(3)10(13)11(18-19)12(14,15)16/h7H,4-6H2,1-3H3,(H,17,20). The number of nitrogens with zero attached hydrogens (tertiary/aromatic N) is 2. The third kappa shape index (κ3) is 4.50. The predicted molar refractivity (Wildman–Crippen MR) is 72.1 cm³/mol. The zero-order valence-electron chi connectivity index (χ0n) is 11.5. The molecule has 20 heavy (non-hydrogen) atoms. The quantitative estimate of drug-likeness (QED) is 0.881. The molecule has 0 aliphatic heterocycles. The fraction of sp³-hybridized carbons (Fsp3) is 0.667. The number of rotatable bonds is 5. The third-order valence-corrected chi connectivity index (χ3v) is 3.61. The van der Waals surface area contributed by atoms with Crippen LogP contribution in [0.25, 0.3) is 0 Å². The highest BCUT2D eigenvalue weighted by molar-refractivity contribution is 9.10. The van der Waals surface area contributed by atoms with Crippen LogP contribution in [0.5, 0.6) is 0 Å². The Bertz CT molecular complexity index is 483. The Labute approximate surface area is 123 Å². The molecule has 0 saturated carbocycles. The van der Waals surface area contributed by atoms with Gasteiger partial charge in [-0.1, -0.05) is 13.8 Å². The molecule has 4 nitrogen and oxygen atoms in total. The van der Waals surface area contributed by atoms with Crippen LogP contribution in [0.2, 0.25) is 0 Å². The van der Waals surface area contributed by atoms with E-state index in [2.05, 4.69) is 26.3 Å². The molecule has 1 amide bonds. The Balaban J connectivity index is 2.68. The van der Waals surface area contributed by atoms with Crippen LogP contribution in [-0.4, -0.2) is 22.2 Å². The summed E-state index contributed by atoms with van der Waals surface area (Å²) in [7, 11) is 0. The minimum absolute atomic E-state index is 0.0763. The molecule has 0 fully saturated rings. The highest BCUT2D eigenvalue weighted by Crippen LogP contribution is 2.35. The van der Waals surface area contributed by atoms with Crippen LogP contribution in [0.1, 0.15) is 31.7 Å². The summed E-state index contributed by atoms with van der Waals surface area (Å²) in [6.07, 6.45) is -4.41. The maximum Gasteiger partial charge on any atom is 0.436 e. The molecular weight excluding hydrogens is 339 g/mol. The number of nitrogens with one attached hydrogen (secondary N) is 1. The Morgan fingerprint density at radius 2 is 2.05 bits per heavy atom. The van der Waals surface area contributed by atoms with Gasteiger partial charge >= 0.3 is 6.18 Å². The summed E-state index contributed by atoms with van der Waals surface area (Å²) in [5.41, 5.74) is -0.605. The van der Waals surface area contributed by atoms with Crippen LogP contribution < -0.4 is 5.32 Å². The molecule has 114 valence electrons. The molecule has 0 atom stereocenters. The van der Waals surface area contributed by atoms with Crippen molar-refractivity contribution in [3.05, 3.63) is 15.9 Å². The topological polar surface area (TPSA) is 46.9 Å². The van der Waals surface area contributed by atoms with E-state index >= 15 is 0 Å². The minimum atomic E-state index is -4.51. The van der Waals surface area contributed by atoms with Crippen LogP contribution in [0.15, 0.2) is 4.47 Å². The summed E-state index contributed by atoms with van der Waals surface area (Å²) in [5, 5.41) is 6.22. The number of hydrogen-bond acceptors (Lipinski definition) is 2. The molecule has 0 aliphatic carbocycles. The Morgan fingerprint density at radius 1 is 1.45 bits per heavy atom. The maximum atomic E-state index is 12.7. The number of hydrogen-bond donors (Lipinski definition) is 1. The van der Waals surface area contributed by atoms with Gasteiger partial charge in [0.25, 0.3) is 0 Å². The zero-order chi connectivity index (χ0) is 15.5. The summed E-state index contributed by atoms with van der Waals surface area (Å²) in [6, 6.07) is 0. The van der Waals surface area contributed by atoms with Crippen LogP contribution in [0, 0.1) is 12.8 Å². The summed E-state index contributed by atoms with van der Waals surface area (Å²) in [6.45, 7) is 6.12. The molecule has 1 N–H and O–H groups in total. The number of halogens is 4. The van der Waals surface area contributed by atoms with E-state index in [4.69, 9.17) is 0 Å². The molecule has 0 radical (unpaired) electrons. The van der Waals surface area contributed by atoms with Crippen molar-refractivity contribution in [3.63, 3.8) is 0 Å². The molecule has 0 unspecified atom stereocenters. The van der Waals surface area contributed by atoms with Gasteiger partial charge in [0.15, 0.2) is 5.69 Å². The molecule has 1 rings (SSSR count). The first kappa shape index (κ1) is 17.0. The zero-order valence-corrected chi connectivity index (χ0v) is 13.1. The maximum absolute atomic E-state index is 12.7. The molecule has 0 saturated heterocycles. The van der Waals surface area contributed by atoms with Crippen molar-refractivity contribution in [2.75, 3.05) is 6.54 Å². The van der Waals surface area contributed by atoms with E-state index in [1.165, 1.54) is 11.6 Å². The fourth-order valence-electron chi connectivity index (χ4n) is 1.54. The molecule has 0 bridgehead atoms. The molecule has 1 heterocycles. The van der Waals surface area contributed by atoms with Crippen LogP contribution in [-0.2, 0) is 17.5 Å². The Hall–Kier alpha value is -1.05. The number of carbonyl (C=O) groups is 1. The van der Waals surface area contributed by atoms with Gasteiger partial charge in [-0.05, 0) is 28.8 Å². The van der Waals surface area contributed by atoms with E-state index in [9.17, 15) is 18.0 Å². The average Bonchev–Trinajstić information content (AvgIpc) is 2.61. The summed E-state index contributed by atoms with van der Waals surface area (Å²) >= 11 is 2.89. The van der Waals surface area contributed by atoms with Crippen molar-refractivity contribution in [2.24, 2.45) is 5.92 Å². The number of aromatic nitrogens is 2. The molecule has 8 heteroatoms. The first-order valence-electron chi connectivity index (χ1n) is 6.19. The summed E-state index contributed by atoms with van der Waals surface area (Å²) in [4.78, 5) is 11.5. The molecule has 0 aliphatic rings. The van der Waals surface area contributed by atoms with Crippen molar-refractivity contribution in [3.8, 4) is 0 Å². The highest BCUT2D eigenvalue weighted by atomic mass is 79.9. The summed E-state index contributed by atoms with van der Waals surface area (Å²) in [5.74, 6) is 0.134. The minimum Gasteiger partial charge on any atom is -0.356 e. The van der Waals surface area contributed by atoms with Gasteiger partial charge in [0.2, 0.25) is 5.91 Å². The molecule has 0 spiro atoms. The normalized spacial score (nSPS) is 12.0. The molecule has 0 aromatic carbocycles. The van der Waals surface area contributed by atoms with Crippen molar-refractivity contribution < 1.29 is 18.0 Å². The second-order valence-electron chi connectivity index (χ2n) is 4.92.